The van der Waals surface area contributed by atoms with Crippen LogP contribution in [0.4, 0.5) is 10.1 Å². The second-order valence-electron chi connectivity index (χ2n) is 5.93. The first-order valence-corrected chi connectivity index (χ1v) is 9.19. The summed E-state index contributed by atoms with van der Waals surface area (Å²) in [4.78, 5) is 0.241. The smallest absolute Gasteiger partial charge is 0.262 e. The lowest BCUT2D eigenvalue weighted by atomic mass is 10.2. The van der Waals surface area contributed by atoms with E-state index in [0.717, 1.165) is 11.1 Å². The Kier molecular flexibility index (Phi) is 4.59. The van der Waals surface area contributed by atoms with Gasteiger partial charge in [-0.15, -0.1) is 0 Å². The Morgan fingerprint density at radius 3 is 2.72 bits per heavy atom. The average molecular weight is 359 g/mol. The summed E-state index contributed by atoms with van der Waals surface area (Å²) in [5.74, 6) is -0.319. The van der Waals surface area contributed by atoms with Crippen LogP contribution in [0.3, 0.4) is 0 Å². The van der Waals surface area contributed by atoms with Crippen LogP contribution >= 0.6 is 0 Å². The molecule has 0 spiro atoms. The van der Waals surface area contributed by atoms with Crippen molar-refractivity contribution in [2.24, 2.45) is 0 Å². The van der Waals surface area contributed by atoms with E-state index in [1.807, 2.05) is 13.0 Å². The van der Waals surface area contributed by atoms with Gasteiger partial charge < -0.3 is 0 Å². The molecule has 0 unspecified atom stereocenters. The Labute approximate surface area is 146 Å². The van der Waals surface area contributed by atoms with Crippen LogP contribution in [0, 0.1) is 19.7 Å². The number of hydrogen-bond acceptors (Lipinski definition) is 3. The first-order chi connectivity index (χ1) is 11.8. The molecule has 0 bridgehead atoms. The fourth-order valence-corrected chi connectivity index (χ4v) is 3.89. The molecule has 0 aliphatic rings. The molecule has 0 atom stereocenters. The largest absolute Gasteiger partial charge is 0.276 e. The van der Waals surface area contributed by atoms with Gasteiger partial charge in [-0.25, -0.2) is 12.8 Å². The van der Waals surface area contributed by atoms with Crippen LogP contribution in [0.2, 0.25) is 0 Å². The normalized spacial score (nSPS) is 11.5. The zero-order valence-electron chi connectivity index (χ0n) is 13.9. The molecule has 3 aromatic rings. The van der Waals surface area contributed by atoms with Crippen LogP contribution in [0.5, 0.6) is 0 Å². The highest BCUT2D eigenvalue weighted by molar-refractivity contribution is 7.92. The van der Waals surface area contributed by atoms with Crippen LogP contribution in [-0.2, 0) is 16.6 Å². The average Bonchev–Trinajstić information content (AvgIpc) is 2.96. The van der Waals surface area contributed by atoms with Gasteiger partial charge in [0.15, 0.2) is 0 Å². The molecule has 0 aliphatic heterocycles. The van der Waals surface area contributed by atoms with Crippen molar-refractivity contribution in [1.29, 1.82) is 0 Å². The third-order valence-corrected chi connectivity index (χ3v) is 5.28. The topological polar surface area (TPSA) is 64.0 Å². The summed E-state index contributed by atoms with van der Waals surface area (Å²) in [6.45, 7) is 3.94. The van der Waals surface area contributed by atoms with E-state index in [4.69, 9.17) is 0 Å². The van der Waals surface area contributed by atoms with Crippen molar-refractivity contribution < 1.29 is 12.8 Å². The van der Waals surface area contributed by atoms with Crippen molar-refractivity contribution in [3.05, 3.63) is 77.4 Å². The molecule has 0 fully saturated rings. The van der Waals surface area contributed by atoms with Crippen molar-refractivity contribution in [1.82, 2.24) is 9.78 Å². The third-order valence-electron chi connectivity index (χ3n) is 3.75. The fraction of sp³-hybridized carbons (Fsp3) is 0.167. The molecule has 1 N–H and O–H groups in total. The van der Waals surface area contributed by atoms with Crippen molar-refractivity contribution in [3.8, 4) is 0 Å². The van der Waals surface area contributed by atoms with Gasteiger partial charge in [0, 0.05) is 6.20 Å². The standard InChI is InChI=1S/C18H18FN3O2S/c1-13-6-7-14(2)18(8-13)25(23,24)21-17-10-20-22(12-17)11-15-4-3-5-16(19)9-15/h3-10,12,21H,11H2,1-2H3. The quantitative estimate of drug-likeness (QED) is 0.758. The number of halogens is 1. The van der Waals surface area contributed by atoms with Crippen LogP contribution < -0.4 is 4.72 Å². The van der Waals surface area contributed by atoms with Crippen LogP contribution in [0.1, 0.15) is 16.7 Å². The summed E-state index contributed by atoms with van der Waals surface area (Å²) >= 11 is 0. The molecule has 0 aliphatic carbocycles. The van der Waals surface area contributed by atoms with Crippen molar-refractivity contribution in [2.45, 2.75) is 25.3 Å². The number of hydrogen-bond donors (Lipinski definition) is 1. The number of sulfonamides is 1. The molecule has 3 rings (SSSR count). The number of rotatable bonds is 5. The zero-order chi connectivity index (χ0) is 18.0. The van der Waals surface area contributed by atoms with Gasteiger partial charge >= 0.3 is 0 Å². The lowest BCUT2D eigenvalue weighted by molar-refractivity contribution is 0.600. The predicted molar refractivity (Wildman–Crippen MR) is 94.5 cm³/mol. The molecule has 0 radical (unpaired) electrons. The van der Waals surface area contributed by atoms with Gasteiger partial charge in [-0.2, -0.15) is 5.10 Å². The molecule has 7 heteroatoms. The van der Waals surface area contributed by atoms with Gasteiger partial charge in [0.05, 0.1) is 23.3 Å². The highest BCUT2D eigenvalue weighted by Crippen LogP contribution is 2.20. The van der Waals surface area contributed by atoms with E-state index in [1.54, 1.807) is 42.1 Å². The summed E-state index contributed by atoms with van der Waals surface area (Å²) in [6.07, 6.45) is 3.01. The first kappa shape index (κ1) is 17.2. The van der Waals surface area contributed by atoms with Gasteiger partial charge in [0.2, 0.25) is 0 Å². The number of aryl methyl sites for hydroxylation is 2. The van der Waals surface area contributed by atoms with Gasteiger partial charge in [-0.3, -0.25) is 9.40 Å². The zero-order valence-corrected chi connectivity index (χ0v) is 14.7. The molecule has 0 amide bonds. The third kappa shape index (κ3) is 4.06. The van der Waals surface area contributed by atoms with E-state index in [2.05, 4.69) is 9.82 Å². The summed E-state index contributed by atoms with van der Waals surface area (Å²) in [5.41, 5.74) is 2.64. The Hall–Kier alpha value is -2.67. The maximum atomic E-state index is 13.2. The Bertz CT molecular complexity index is 1010. The minimum atomic E-state index is -3.70. The van der Waals surface area contributed by atoms with E-state index in [1.165, 1.54) is 18.3 Å². The van der Waals surface area contributed by atoms with Gasteiger partial charge in [-0.1, -0.05) is 24.3 Å². The lowest BCUT2D eigenvalue weighted by Crippen LogP contribution is -2.14. The van der Waals surface area contributed by atoms with Gasteiger partial charge in [-0.05, 0) is 48.7 Å². The molecule has 0 saturated heterocycles. The minimum absolute atomic E-state index is 0.241. The first-order valence-electron chi connectivity index (χ1n) is 7.70. The molecule has 130 valence electrons. The number of aromatic nitrogens is 2. The highest BCUT2D eigenvalue weighted by atomic mass is 32.2. The number of benzene rings is 2. The Balaban J connectivity index is 1.80. The summed E-state index contributed by atoms with van der Waals surface area (Å²) in [6, 6.07) is 11.5. The van der Waals surface area contributed by atoms with E-state index in [0.29, 0.717) is 17.8 Å². The molecule has 25 heavy (non-hydrogen) atoms. The molecular formula is C18H18FN3O2S. The molecular weight excluding hydrogens is 341 g/mol. The number of anilines is 1. The van der Waals surface area contributed by atoms with Crippen molar-refractivity contribution in [2.75, 3.05) is 4.72 Å². The molecule has 5 nitrogen and oxygen atoms in total. The summed E-state index contributed by atoms with van der Waals surface area (Å²) < 4.78 is 42.5. The van der Waals surface area contributed by atoms with Gasteiger partial charge in [0.25, 0.3) is 10.0 Å². The second-order valence-corrected chi connectivity index (χ2v) is 7.58. The Morgan fingerprint density at radius 2 is 1.96 bits per heavy atom. The molecule has 1 heterocycles. The van der Waals surface area contributed by atoms with E-state index in [9.17, 15) is 12.8 Å². The van der Waals surface area contributed by atoms with Crippen LogP contribution in [-0.4, -0.2) is 18.2 Å². The highest BCUT2D eigenvalue weighted by Gasteiger charge is 2.18. The number of nitrogens with zero attached hydrogens (tertiary/aromatic N) is 2. The fourth-order valence-electron chi connectivity index (χ4n) is 2.53. The SMILES string of the molecule is Cc1ccc(C)c(S(=O)(=O)Nc2cnn(Cc3cccc(F)c3)c2)c1. The molecule has 1 aromatic heterocycles. The minimum Gasteiger partial charge on any atom is -0.276 e. The summed E-state index contributed by atoms with van der Waals surface area (Å²) in [7, 11) is -3.70. The van der Waals surface area contributed by atoms with E-state index in [-0.39, 0.29) is 10.7 Å². The lowest BCUT2D eigenvalue weighted by Gasteiger charge is -2.09. The predicted octanol–water partition coefficient (Wildman–Crippen LogP) is 3.49. The summed E-state index contributed by atoms with van der Waals surface area (Å²) in [5, 5.41) is 4.13. The number of nitrogens with one attached hydrogen (secondary N) is 1. The van der Waals surface area contributed by atoms with E-state index >= 15 is 0 Å². The molecule has 2 aromatic carbocycles. The monoisotopic (exact) mass is 359 g/mol. The molecule has 0 saturated carbocycles. The van der Waals surface area contributed by atoms with E-state index < -0.39 is 10.0 Å². The van der Waals surface area contributed by atoms with Crippen LogP contribution in [0.25, 0.3) is 0 Å². The van der Waals surface area contributed by atoms with Gasteiger partial charge in [0.1, 0.15) is 5.82 Å². The van der Waals surface area contributed by atoms with Crippen molar-refractivity contribution in [3.63, 3.8) is 0 Å². The van der Waals surface area contributed by atoms with Crippen molar-refractivity contribution >= 4 is 15.7 Å². The maximum Gasteiger partial charge on any atom is 0.262 e. The maximum absolute atomic E-state index is 13.2. The van der Waals surface area contributed by atoms with Crippen LogP contribution in [0.15, 0.2) is 59.8 Å². The Morgan fingerprint density at radius 1 is 1.16 bits per heavy atom. The second kappa shape index (κ2) is 6.68.